The van der Waals surface area contributed by atoms with Crippen molar-refractivity contribution >= 4 is 11.0 Å². The highest BCUT2D eigenvalue weighted by Gasteiger charge is 2.00. The molecule has 1 heterocycles. The van der Waals surface area contributed by atoms with E-state index in [2.05, 4.69) is 13.8 Å². The second-order valence-corrected chi connectivity index (χ2v) is 7.54. The summed E-state index contributed by atoms with van der Waals surface area (Å²) >= 11 is 0. The van der Waals surface area contributed by atoms with Crippen LogP contribution in [0.1, 0.15) is 97.3 Å². The van der Waals surface area contributed by atoms with Gasteiger partial charge in [-0.05, 0) is 12.1 Å². The van der Waals surface area contributed by atoms with Crippen LogP contribution in [0.15, 0.2) is 39.7 Å². The molecule has 1 aromatic heterocycles. The SMILES string of the molecule is CCCCCCCCCCCCCCC.COc1ccc2c(=O)ccoc2c1. The largest absolute Gasteiger partial charge is 0.497 e. The quantitative estimate of drug-likeness (QED) is 0.327. The third kappa shape index (κ3) is 10.5. The van der Waals surface area contributed by atoms with Crippen LogP contribution in [0, 0.1) is 0 Å². The summed E-state index contributed by atoms with van der Waals surface area (Å²) in [5.41, 5.74) is 0.510. The maximum absolute atomic E-state index is 11.3. The number of hydrogen-bond donors (Lipinski definition) is 0. The van der Waals surface area contributed by atoms with Gasteiger partial charge < -0.3 is 9.15 Å². The van der Waals surface area contributed by atoms with E-state index in [0.717, 1.165) is 0 Å². The van der Waals surface area contributed by atoms with Gasteiger partial charge >= 0.3 is 0 Å². The lowest BCUT2D eigenvalue weighted by Crippen LogP contribution is -1.97. The van der Waals surface area contributed by atoms with Crippen LogP contribution < -0.4 is 10.2 Å². The third-order valence-electron chi connectivity index (χ3n) is 5.08. The lowest BCUT2D eigenvalue weighted by Gasteiger charge is -2.01. The van der Waals surface area contributed by atoms with E-state index in [1.54, 1.807) is 25.3 Å². The molecule has 158 valence electrons. The Hall–Kier alpha value is -1.77. The topological polar surface area (TPSA) is 39.4 Å². The van der Waals surface area contributed by atoms with Crippen LogP contribution in [0.5, 0.6) is 5.75 Å². The van der Waals surface area contributed by atoms with Gasteiger partial charge in [0.2, 0.25) is 0 Å². The summed E-state index contributed by atoms with van der Waals surface area (Å²) in [6.07, 6.45) is 20.3. The number of methoxy groups -OCH3 is 1. The van der Waals surface area contributed by atoms with Gasteiger partial charge in [0.05, 0.1) is 18.8 Å². The molecule has 3 nitrogen and oxygen atoms in total. The van der Waals surface area contributed by atoms with Crippen LogP contribution >= 0.6 is 0 Å². The molecule has 0 atom stereocenters. The van der Waals surface area contributed by atoms with E-state index in [9.17, 15) is 4.79 Å². The molecule has 3 heteroatoms. The summed E-state index contributed by atoms with van der Waals surface area (Å²) < 4.78 is 10.2. The fraction of sp³-hybridized carbons (Fsp3) is 0.640. The number of unbranched alkanes of at least 4 members (excludes halogenated alkanes) is 12. The minimum atomic E-state index is -0.0381. The average molecular weight is 389 g/mol. The number of fused-ring (bicyclic) bond motifs is 1. The molecular formula is C25H40O3. The summed E-state index contributed by atoms with van der Waals surface area (Å²) in [4.78, 5) is 11.3. The summed E-state index contributed by atoms with van der Waals surface area (Å²) in [5, 5.41) is 0.573. The maximum Gasteiger partial charge on any atom is 0.192 e. The Morgan fingerprint density at radius 1 is 0.750 bits per heavy atom. The molecule has 0 saturated heterocycles. The van der Waals surface area contributed by atoms with Crippen molar-refractivity contribution in [2.24, 2.45) is 0 Å². The summed E-state index contributed by atoms with van der Waals surface area (Å²) in [6, 6.07) is 6.52. The number of rotatable bonds is 13. The van der Waals surface area contributed by atoms with Crippen LogP contribution in [-0.4, -0.2) is 7.11 Å². The van der Waals surface area contributed by atoms with Gasteiger partial charge in [0.1, 0.15) is 11.3 Å². The second kappa shape index (κ2) is 16.2. The molecule has 0 aliphatic carbocycles. The van der Waals surface area contributed by atoms with Gasteiger partial charge in [-0.2, -0.15) is 0 Å². The highest BCUT2D eigenvalue weighted by atomic mass is 16.5. The van der Waals surface area contributed by atoms with Gasteiger partial charge in [0.25, 0.3) is 0 Å². The number of ether oxygens (including phenoxy) is 1. The van der Waals surface area contributed by atoms with Crippen LogP contribution in [0.3, 0.4) is 0 Å². The first-order valence-corrected chi connectivity index (χ1v) is 11.3. The summed E-state index contributed by atoms with van der Waals surface area (Å²) in [6.45, 7) is 4.58. The fourth-order valence-corrected chi connectivity index (χ4v) is 3.28. The fourth-order valence-electron chi connectivity index (χ4n) is 3.28. The minimum absolute atomic E-state index is 0.0381. The molecular weight excluding hydrogens is 348 g/mol. The van der Waals surface area contributed by atoms with Crippen LogP contribution in [0.2, 0.25) is 0 Å². The van der Waals surface area contributed by atoms with Crippen LogP contribution in [0.25, 0.3) is 11.0 Å². The smallest absolute Gasteiger partial charge is 0.192 e. The molecule has 28 heavy (non-hydrogen) atoms. The molecule has 2 aromatic rings. The van der Waals surface area contributed by atoms with Crippen molar-refractivity contribution < 1.29 is 9.15 Å². The van der Waals surface area contributed by atoms with Crippen LogP contribution in [0.4, 0.5) is 0 Å². The normalized spacial score (nSPS) is 10.5. The molecule has 0 bridgehead atoms. The Morgan fingerprint density at radius 2 is 1.25 bits per heavy atom. The molecule has 0 saturated carbocycles. The molecule has 0 fully saturated rings. The van der Waals surface area contributed by atoms with Crippen molar-refractivity contribution in [3.63, 3.8) is 0 Å². The molecule has 0 unspecified atom stereocenters. The maximum atomic E-state index is 11.3. The van der Waals surface area contributed by atoms with E-state index >= 15 is 0 Å². The van der Waals surface area contributed by atoms with E-state index in [1.807, 2.05) is 0 Å². The summed E-state index contributed by atoms with van der Waals surface area (Å²) in [7, 11) is 1.57. The Labute approximate surface area is 171 Å². The Balaban J connectivity index is 0.000000281. The Bertz CT molecular complexity index is 663. The molecule has 0 amide bonds. The first-order valence-electron chi connectivity index (χ1n) is 11.3. The van der Waals surface area contributed by atoms with Gasteiger partial charge in [-0.1, -0.05) is 97.3 Å². The van der Waals surface area contributed by atoms with Gasteiger partial charge in [-0.25, -0.2) is 0 Å². The van der Waals surface area contributed by atoms with Crippen molar-refractivity contribution in [1.82, 2.24) is 0 Å². The Morgan fingerprint density at radius 3 is 1.71 bits per heavy atom. The molecule has 2 rings (SSSR count). The van der Waals surface area contributed by atoms with E-state index in [4.69, 9.17) is 9.15 Å². The molecule has 0 aliphatic rings. The predicted octanol–water partition coefficient (Wildman–Crippen LogP) is 7.90. The Kier molecular flexibility index (Phi) is 14.0. The van der Waals surface area contributed by atoms with Gasteiger partial charge in [-0.3, -0.25) is 4.79 Å². The molecule has 1 aromatic carbocycles. The van der Waals surface area contributed by atoms with Gasteiger partial charge in [0, 0.05) is 12.1 Å². The predicted molar refractivity (Wildman–Crippen MR) is 120 cm³/mol. The van der Waals surface area contributed by atoms with E-state index in [1.165, 1.54) is 95.8 Å². The molecule has 0 aliphatic heterocycles. The van der Waals surface area contributed by atoms with E-state index in [0.29, 0.717) is 16.7 Å². The van der Waals surface area contributed by atoms with Gasteiger partial charge in [0.15, 0.2) is 5.43 Å². The monoisotopic (exact) mass is 388 g/mol. The molecule has 0 N–H and O–H groups in total. The van der Waals surface area contributed by atoms with Crippen molar-refractivity contribution in [2.45, 2.75) is 97.3 Å². The number of benzene rings is 1. The molecule has 0 spiro atoms. The van der Waals surface area contributed by atoms with Crippen molar-refractivity contribution in [3.8, 4) is 5.75 Å². The second-order valence-electron chi connectivity index (χ2n) is 7.54. The zero-order chi connectivity index (χ0) is 20.5. The lowest BCUT2D eigenvalue weighted by atomic mass is 10.1. The third-order valence-corrected chi connectivity index (χ3v) is 5.08. The first-order chi connectivity index (χ1) is 13.7. The number of hydrogen-bond acceptors (Lipinski definition) is 3. The van der Waals surface area contributed by atoms with Crippen LogP contribution in [-0.2, 0) is 0 Å². The molecule has 0 radical (unpaired) electrons. The lowest BCUT2D eigenvalue weighted by molar-refractivity contribution is 0.414. The van der Waals surface area contributed by atoms with Crippen molar-refractivity contribution in [1.29, 1.82) is 0 Å². The van der Waals surface area contributed by atoms with Crippen molar-refractivity contribution in [3.05, 3.63) is 40.8 Å². The first kappa shape index (κ1) is 24.3. The average Bonchev–Trinajstić information content (AvgIpc) is 2.72. The summed E-state index contributed by atoms with van der Waals surface area (Å²) in [5.74, 6) is 0.682. The highest BCUT2D eigenvalue weighted by molar-refractivity contribution is 5.77. The van der Waals surface area contributed by atoms with E-state index < -0.39 is 0 Å². The van der Waals surface area contributed by atoms with Gasteiger partial charge in [-0.15, -0.1) is 0 Å². The zero-order valence-electron chi connectivity index (χ0n) is 18.3. The van der Waals surface area contributed by atoms with E-state index in [-0.39, 0.29) is 5.43 Å². The standard InChI is InChI=1S/C15H32.C10H8O3/c1-3-5-7-9-11-13-15-14-12-10-8-6-4-2;1-12-7-2-3-8-9(11)4-5-13-10(8)6-7/h3-15H2,1-2H3;2-6H,1H3. The van der Waals surface area contributed by atoms with Crippen molar-refractivity contribution in [2.75, 3.05) is 7.11 Å². The highest BCUT2D eigenvalue weighted by Crippen LogP contribution is 2.17. The zero-order valence-corrected chi connectivity index (χ0v) is 18.3. The minimum Gasteiger partial charge on any atom is -0.497 e.